The molecule has 32 heavy (non-hydrogen) atoms. The van der Waals surface area contributed by atoms with E-state index in [1.807, 2.05) is 38.1 Å². The van der Waals surface area contributed by atoms with E-state index in [2.05, 4.69) is 31.5 Å². The van der Waals surface area contributed by atoms with Gasteiger partial charge in [0, 0.05) is 47.7 Å². The van der Waals surface area contributed by atoms with Crippen LogP contribution in [0.15, 0.2) is 42.6 Å². The zero-order valence-electron chi connectivity index (χ0n) is 18.5. The number of anilines is 2. The number of pyridine rings is 1. The molecular formula is C25H27N5O2. The molecule has 1 amide bonds. The van der Waals surface area contributed by atoms with Crippen molar-refractivity contribution in [3.63, 3.8) is 0 Å². The summed E-state index contributed by atoms with van der Waals surface area (Å²) in [5.41, 5.74) is 7.19. The van der Waals surface area contributed by atoms with Gasteiger partial charge in [0.05, 0.1) is 30.3 Å². The number of benzene rings is 1. The smallest absolute Gasteiger partial charge is 0.255 e. The fourth-order valence-electron chi connectivity index (χ4n) is 4.07. The number of ether oxygens (including phenoxy) is 1. The fraction of sp³-hybridized carbons (Fsp3) is 0.360. The maximum atomic E-state index is 12.9. The van der Waals surface area contributed by atoms with Gasteiger partial charge in [-0.1, -0.05) is 6.07 Å². The van der Waals surface area contributed by atoms with Crippen LogP contribution in [0.3, 0.4) is 0 Å². The minimum absolute atomic E-state index is 0.131. The molecule has 0 bridgehead atoms. The van der Waals surface area contributed by atoms with E-state index in [4.69, 9.17) is 4.74 Å². The highest BCUT2D eigenvalue weighted by atomic mass is 16.5. The Morgan fingerprint density at radius 2 is 1.88 bits per heavy atom. The van der Waals surface area contributed by atoms with E-state index in [1.165, 1.54) is 0 Å². The Morgan fingerprint density at radius 3 is 2.66 bits per heavy atom. The topological polar surface area (TPSA) is 80.2 Å². The summed E-state index contributed by atoms with van der Waals surface area (Å²) in [6.45, 7) is 7.15. The molecule has 7 heteroatoms. The molecule has 7 nitrogen and oxygen atoms in total. The van der Waals surface area contributed by atoms with Gasteiger partial charge in [0.2, 0.25) is 0 Å². The van der Waals surface area contributed by atoms with Crippen molar-refractivity contribution < 1.29 is 9.53 Å². The van der Waals surface area contributed by atoms with Crippen LogP contribution in [-0.4, -0.2) is 47.4 Å². The number of nitrogens with one attached hydrogen (secondary N) is 1. The number of hydrogen-bond donors (Lipinski definition) is 1. The zero-order chi connectivity index (χ0) is 22.1. The molecule has 1 N–H and O–H groups in total. The third-order valence-corrected chi connectivity index (χ3v) is 6.11. The number of nitrogens with zero attached hydrogens (tertiary/aromatic N) is 4. The summed E-state index contributed by atoms with van der Waals surface area (Å²) in [6, 6.07) is 11.6. The summed E-state index contributed by atoms with van der Waals surface area (Å²) < 4.78 is 5.49. The Bertz CT molecular complexity index is 1150. The third kappa shape index (κ3) is 4.34. The number of aryl methyl sites for hydroxylation is 2. The van der Waals surface area contributed by atoms with Crippen LogP contribution in [0.25, 0.3) is 11.3 Å². The zero-order valence-corrected chi connectivity index (χ0v) is 18.5. The van der Waals surface area contributed by atoms with E-state index in [1.54, 1.807) is 12.3 Å². The van der Waals surface area contributed by atoms with E-state index in [9.17, 15) is 4.79 Å². The highest BCUT2D eigenvalue weighted by Crippen LogP contribution is 2.39. The minimum Gasteiger partial charge on any atom is -0.378 e. The molecule has 1 aliphatic heterocycles. The highest BCUT2D eigenvalue weighted by Gasteiger charge is 2.25. The lowest BCUT2D eigenvalue weighted by Crippen LogP contribution is -2.36. The maximum absolute atomic E-state index is 12.9. The van der Waals surface area contributed by atoms with Crippen LogP contribution in [-0.2, 0) is 4.74 Å². The van der Waals surface area contributed by atoms with Gasteiger partial charge in [-0.3, -0.25) is 9.78 Å². The Hall–Kier alpha value is -3.32. The van der Waals surface area contributed by atoms with E-state index in [0.29, 0.717) is 11.5 Å². The van der Waals surface area contributed by atoms with Crippen LogP contribution in [0.4, 0.5) is 11.4 Å². The van der Waals surface area contributed by atoms with Crippen LogP contribution >= 0.6 is 0 Å². The number of aromatic nitrogens is 3. The second-order valence-corrected chi connectivity index (χ2v) is 8.53. The average Bonchev–Trinajstić information content (AvgIpc) is 3.67. The molecule has 0 spiro atoms. The number of carbonyl (C=O) groups is 1. The molecule has 164 valence electrons. The average molecular weight is 430 g/mol. The van der Waals surface area contributed by atoms with Crippen LogP contribution in [0.1, 0.15) is 46.1 Å². The predicted molar refractivity (Wildman–Crippen MR) is 124 cm³/mol. The molecule has 2 fully saturated rings. The maximum Gasteiger partial charge on any atom is 0.255 e. The van der Waals surface area contributed by atoms with E-state index in [-0.39, 0.29) is 5.91 Å². The molecule has 3 heterocycles. The summed E-state index contributed by atoms with van der Waals surface area (Å²) in [4.78, 5) is 19.6. The Morgan fingerprint density at radius 1 is 1.06 bits per heavy atom. The quantitative estimate of drug-likeness (QED) is 0.657. The molecule has 5 rings (SSSR count). The molecule has 1 aromatic carbocycles. The minimum atomic E-state index is -0.131. The normalized spacial score (nSPS) is 16.1. The number of rotatable bonds is 5. The van der Waals surface area contributed by atoms with Crippen molar-refractivity contribution in [1.82, 2.24) is 15.2 Å². The van der Waals surface area contributed by atoms with Gasteiger partial charge in [0.25, 0.3) is 5.91 Å². The number of morpholine rings is 1. The monoisotopic (exact) mass is 429 g/mol. The largest absolute Gasteiger partial charge is 0.378 e. The Balaban J connectivity index is 1.40. The molecule has 0 unspecified atom stereocenters. The first kappa shape index (κ1) is 20.6. The lowest BCUT2D eigenvalue weighted by Gasteiger charge is -2.29. The van der Waals surface area contributed by atoms with Gasteiger partial charge in [-0.25, -0.2) is 0 Å². The SMILES string of the molecule is Cc1ccc(NC(=O)c2ccnc(C3CC3)c2)cc1-c1cc(N2CCOCC2)c(C)nn1. The first-order chi connectivity index (χ1) is 15.6. The molecule has 1 saturated carbocycles. The van der Waals surface area contributed by atoms with Crippen molar-refractivity contribution >= 4 is 17.3 Å². The molecule has 2 aromatic heterocycles. The first-order valence-corrected chi connectivity index (χ1v) is 11.1. The van der Waals surface area contributed by atoms with Crippen molar-refractivity contribution in [1.29, 1.82) is 0 Å². The molecule has 1 saturated heterocycles. The molecular weight excluding hydrogens is 402 g/mol. The van der Waals surface area contributed by atoms with Crippen molar-refractivity contribution in [2.45, 2.75) is 32.6 Å². The predicted octanol–water partition coefficient (Wildman–Crippen LogP) is 4.12. The first-order valence-electron chi connectivity index (χ1n) is 11.1. The van der Waals surface area contributed by atoms with Crippen LogP contribution in [0.2, 0.25) is 0 Å². The van der Waals surface area contributed by atoms with E-state index < -0.39 is 0 Å². The fourth-order valence-corrected chi connectivity index (χ4v) is 4.07. The summed E-state index contributed by atoms with van der Waals surface area (Å²) in [5, 5.41) is 11.9. The molecule has 0 atom stereocenters. The number of carbonyl (C=O) groups excluding carboxylic acids is 1. The van der Waals surface area contributed by atoms with Crippen LogP contribution in [0.5, 0.6) is 0 Å². The van der Waals surface area contributed by atoms with Gasteiger partial charge in [0.15, 0.2) is 0 Å². The van der Waals surface area contributed by atoms with Crippen molar-refractivity contribution in [2.75, 3.05) is 36.5 Å². The van der Waals surface area contributed by atoms with E-state index >= 15 is 0 Å². The number of amides is 1. The van der Waals surface area contributed by atoms with Gasteiger partial charge < -0.3 is 15.0 Å². The summed E-state index contributed by atoms with van der Waals surface area (Å²) in [5.74, 6) is 0.377. The van der Waals surface area contributed by atoms with Crippen molar-refractivity contribution in [2.24, 2.45) is 0 Å². The van der Waals surface area contributed by atoms with Gasteiger partial charge in [-0.05, 0) is 62.6 Å². The third-order valence-electron chi connectivity index (χ3n) is 6.11. The lowest BCUT2D eigenvalue weighted by molar-refractivity contribution is 0.102. The standard InChI is InChI=1S/C25H27N5O2/c1-16-3-6-20(27-25(31)19-7-8-26-22(13-19)18-4-5-18)14-21(16)23-15-24(17(2)28-29-23)30-9-11-32-12-10-30/h3,6-8,13-15,18H,4-5,9-12H2,1-2H3,(H,27,31). The summed E-state index contributed by atoms with van der Waals surface area (Å²) in [7, 11) is 0. The summed E-state index contributed by atoms with van der Waals surface area (Å²) >= 11 is 0. The Kier molecular flexibility index (Phi) is 5.57. The lowest BCUT2D eigenvalue weighted by atomic mass is 10.0. The molecule has 3 aromatic rings. The number of hydrogen-bond acceptors (Lipinski definition) is 6. The highest BCUT2D eigenvalue weighted by molar-refractivity contribution is 6.04. The molecule has 1 aliphatic carbocycles. The van der Waals surface area contributed by atoms with Crippen molar-refractivity contribution in [3.8, 4) is 11.3 Å². The summed E-state index contributed by atoms with van der Waals surface area (Å²) in [6.07, 6.45) is 4.03. The van der Waals surface area contributed by atoms with Gasteiger partial charge in [-0.2, -0.15) is 10.2 Å². The second kappa shape index (κ2) is 8.67. The Labute approximate surface area is 187 Å². The van der Waals surface area contributed by atoms with Gasteiger partial charge in [0.1, 0.15) is 0 Å². The van der Waals surface area contributed by atoms with Gasteiger partial charge in [-0.15, -0.1) is 0 Å². The molecule has 2 aliphatic rings. The van der Waals surface area contributed by atoms with Gasteiger partial charge >= 0.3 is 0 Å². The van der Waals surface area contributed by atoms with Crippen LogP contribution < -0.4 is 10.2 Å². The van der Waals surface area contributed by atoms with E-state index in [0.717, 1.165) is 78.7 Å². The molecule has 0 radical (unpaired) electrons. The second-order valence-electron chi connectivity index (χ2n) is 8.53. The van der Waals surface area contributed by atoms with Crippen molar-refractivity contribution in [3.05, 3.63) is 65.1 Å². The van der Waals surface area contributed by atoms with Crippen LogP contribution in [0, 0.1) is 13.8 Å².